The van der Waals surface area contributed by atoms with Gasteiger partial charge in [0.2, 0.25) is 0 Å². The van der Waals surface area contributed by atoms with Crippen LogP contribution in [0.1, 0.15) is 29.0 Å². The van der Waals surface area contributed by atoms with E-state index in [0.29, 0.717) is 29.1 Å². The van der Waals surface area contributed by atoms with Crippen molar-refractivity contribution in [2.45, 2.75) is 38.6 Å². The number of hydrogen-bond donors (Lipinski definition) is 0. The van der Waals surface area contributed by atoms with Crippen molar-refractivity contribution in [3.8, 4) is 11.5 Å². The molecule has 1 aliphatic carbocycles. The summed E-state index contributed by atoms with van der Waals surface area (Å²) < 4.78 is 20.6. The second-order valence-corrected chi connectivity index (χ2v) is 8.24. The minimum Gasteiger partial charge on any atom is -0.471 e. The Hall–Kier alpha value is -4.61. The molecule has 0 saturated heterocycles. The van der Waals surface area contributed by atoms with E-state index >= 15 is 0 Å². The van der Waals surface area contributed by atoms with Crippen molar-refractivity contribution in [2.24, 2.45) is 0 Å². The largest absolute Gasteiger partial charge is 0.471 e. The molecule has 5 aromatic rings. The molecule has 3 heterocycles. The van der Waals surface area contributed by atoms with E-state index in [2.05, 4.69) is 43.2 Å². The molecule has 12 heteroatoms. The van der Waals surface area contributed by atoms with Gasteiger partial charge in [0.1, 0.15) is 29.7 Å². The van der Waals surface area contributed by atoms with Gasteiger partial charge in [-0.2, -0.15) is 9.36 Å². The fourth-order valence-corrected chi connectivity index (χ4v) is 4.49. The standard InChI is InChI=1S/C23H20N8O4/c32-23-19-8-16(15-4-2-1-3-5-15)6-7-18(19)22-20(34-14-31-12-25-27-29-31)9-17(10-21(22)35-23)33-13-30-11-24-26-28-30/h1-5,9-12,16H,6-8,13-14H2. The summed E-state index contributed by atoms with van der Waals surface area (Å²) in [7, 11) is 0. The monoisotopic (exact) mass is 472 g/mol. The van der Waals surface area contributed by atoms with E-state index in [-0.39, 0.29) is 25.0 Å². The molecule has 6 rings (SSSR count). The van der Waals surface area contributed by atoms with Crippen molar-refractivity contribution in [1.29, 1.82) is 0 Å². The van der Waals surface area contributed by atoms with Gasteiger partial charge in [0.15, 0.2) is 13.5 Å². The van der Waals surface area contributed by atoms with Gasteiger partial charge in [-0.25, -0.2) is 4.79 Å². The van der Waals surface area contributed by atoms with Gasteiger partial charge in [0.25, 0.3) is 0 Å². The van der Waals surface area contributed by atoms with E-state index in [4.69, 9.17) is 13.9 Å². The Balaban J connectivity index is 1.40. The molecule has 0 bridgehead atoms. The predicted octanol–water partition coefficient (Wildman–Crippen LogP) is 2.11. The summed E-state index contributed by atoms with van der Waals surface area (Å²) in [6.45, 7) is 0.165. The Morgan fingerprint density at radius 1 is 0.943 bits per heavy atom. The van der Waals surface area contributed by atoms with Crippen molar-refractivity contribution in [2.75, 3.05) is 0 Å². The lowest BCUT2D eigenvalue weighted by atomic mass is 9.80. The topological polar surface area (TPSA) is 136 Å². The molecule has 1 unspecified atom stereocenters. The SMILES string of the molecule is O=c1oc2cc(OCn3cnnn3)cc(OCn3cnnn3)c2c2c1CC(c1ccccc1)CC2. The minimum atomic E-state index is -0.336. The fourth-order valence-electron chi connectivity index (χ4n) is 4.49. The van der Waals surface area contributed by atoms with Crippen molar-refractivity contribution in [1.82, 2.24) is 40.4 Å². The lowest BCUT2D eigenvalue weighted by Crippen LogP contribution is -2.21. The highest BCUT2D eigenvalue weighted by atomic mass is 16.5. The first-order valence-corrected chi connectivity index (χ1v) is 11.1. The van der Waals surface area contributed by atoms with E-state index < -0.39 is 0 Å². The lowest BCUT2D eigenvalue weighted by Gasteiger charge is -2.25. The van der Waals surface area contributed by atoms with E-state index in [1.165, 1.54) is 27.6 Å². The second kappa shape index (κ2) is 8.97. The molecular weight excluding hydrogens is 452 g/mol. The van der Waals surface area contributed by atoms with Crippen LogP contribution >= 0.6 is 0 Å². The van der Waals surface area contributed by atoms with E-state index in [1.54, 1.807) is 12.1 Å². The zero-order chi connectivity index (χ0) is 23.6. The molecule has 0 spiro atoms. The number of benzene rings is 2. The van der Waals surface area contributed by atoms with Gasteiger partial charge in [-0.3, -0.25) is 0 Å². The van der Waals surface area contributed by atoms with E-state index in [9.17, 15) is 4.79 Å². The van der Waals surface area contributed by atoms with Crippen LogP contribution in [0.2, 0.25) is 0 Å². The van der Waals surface area contributed by atoms with Crippen LogP contribution in [0.25, 0.3) is 11.0 Å². The lowest BCUT2D eigenvalue weighted by molar-refractivity contribution is 0.207. The number of ether oxygens (including phenoxy) is 2. The molecule has 176 valence electrons. The molecule has 0 N–H and O–H groups in total. The fraction of sp³-hybridized carbons (Fsp3) is 0.261. The highest BCUT2D eigenvalue weighted by Gasteiger charge is 2.27. The molecule has 0 amide bonds. The number of hydrogen-bond acceptors (Lipinski definition) is 10. The third kappa shape index (κ3) is 4.21. The molecule has 1 atom stereocenters. The molecule has 1 aliphatic rings. The Morgan fingerprint density at radius 2 is 1.69 bits per heavy atom. The smallest absolute Gasteiger partial charge is 0.339 e. The molecule has 3 aromatic heterocycles. The van der Waals surface area contributed by atoms with Gasteiger partial charge in [-0.15, -0.1) is 10.2 Å². The van der Waals surface area contributed by atoms with Crippen molar-refractivity contribution in [3.05, 3.63) is 82.2 Å². The number of fused-ring (bicyclic) bond motifs is 3. The molecule has 12 nitrogen and oxygen atoms in total. The first kappa shape index (κ1) is 21.0. The van der Waals surface area contributed by atoms with Crippen LogP contribution in [-0.4, -0.2) is 40.4 Å². The van der Waals surface area contributed by atoms with Crippen molar-refractivity contribution < 1.29 is 13.9 Å². The molecule has 0 fully saturated rings. The summed E-state index contributed by atoms with van der Waals surface area (Å²) in [5.74, 6) is 1.22. The maximum absolute atomic E-state index is 13.1. The summed E-state index contributed by atoms with van der Waals surface area (Å²) in [5.41, 5.74) is 2.92. The molecule has 35 heavy (non-hydrogen) atoms. The van der Waals surface area contributed by atoms with Crippen LogP contribution in [0.15, 0.2) is 64.3 Å². The van der Waals surface area contributed by atoms with Gasteiger partial charge >= 0.3 is 5.63 Å². The number of aryl methyl sites for hydroxylation is 1. The highest BCUT2D eigenvalue weighted by molar-refractivity contribution is 5.89. The predicted molar refractivity (Wildman–Crippen MR) is 121 cm³/mol. The number of aromatic nitrogens is 8. The average Bonchev–Trinajstić information content (AvgIpc) is 3.61. The van der Waals surface area contributed by atoms with E-state index in [1.807, 2.05) is 18.2 Å². The van der Waals surface area contributed by atoms with Crippen molar-refractivity contribution >= 4 is 11.0 Å². The van der Waals surface area contributed by atoms with Crippen LogP contribution in [0.4, 0.5) is 0 Å². The summed E-state index contributed by atoms with van der Waals surface area (Å²) >= 11 is 0. The number of rotatable bonds is 7. The van der Waals surface area contributed by atoms with Crippen LogP contribution in [0.3, 0.4) is 0 Å². The molecule has 2 aromatic carbocycles. The third-order valence-electron chi connectivity index (χ3n) is 6.12. The van der Waals surface area contributed by atoms with Gasteiger partial charge in [0, 0.05) is 17.7 Å². The third-order valence-corrected chi connectivity index (χ3v) is 6.12. The van der Waals surface area contributed by atoms with Crippen molar-refractivity contribution in [3.63, 3.8) is 0 Å². The molecule has 0 radical (unpaired) electrons. The normalized spacial score (nSPS) is 15.1. The highest BCUT2D eigenvalue weighted by Crippen LogP contribution is 2.40. The Morgan fingerprint density at radius 3 is 2.40 bits per heavy atom. The Labute approximate surface area is 198 Å². The van der Waals surface area contributed by atoms with E-state index in [0.717, 1.165) is 23.8 Å². The van der Waals surface area contributed by atoms with Crippen LogP contribution < -0.4 is 15.1 Å². The van der Waals surface area contributed by atoms with Crippen LogP contribution in [0.5, 0.6) is 11.5 Å². The van der Waals surface area contributed by atoms with Gasteiger partial charge in [-0.05, 0) is 57.2 Å². The quantitative estimate of drug-likeness (QED) is 0.324. The maximum atomic E-state index is 13.1. The maximum Gasteiger partial charge on any atom is 0.339 e. The molecule has 0 aliphatic heterocycles. The number of tetrazole rings is 2. The average molecular weight is 472 g/mol. The Kier molecular flexibility index (Phi) is 5.37. The first-order chi connectivity index (χ1) is 17.2. The molecular formula is C23H20N8O4. The Bertz CT molecular complexity index is 1500. The zero-order valence-electron chi connectivity index (χ0n) is 18.5. The van der Waals surface area contributed by atoms with Crippen LogP contribution in [0, 0.1) is 0 Å². The summed E-state index contributed by atoms with van der Waals surface area (Å²) in [6.07, 6.45) is 5.15. The second-order valence-electron chi connectivity index (χ2n) is 8.24. The van der Waals surface area contributed by atoms with Gasteiger partial charge < -0.3 is 13.9 Å². The summed E-state index contributed by atoms with van der Waals surface area (Å²) in [5, 5.41) is 22.9. The van der Waals surface area contributed by atoms with Gasteiger partial charge in [0.05, 0.1) is 5.39 Å². The zero-order valence-corrected chi connectivity index (χ0v) is 18.5. The first-order valence-electron chi connectivity index (χ1n) is 11.1. The minimum absolute atomic E-state index is 0.0822. The number of nitrogens with zero attached hydrogens (tertiary/aromatic N) is 8. The molecule has 0 saturated carbocycles. The summed E-state index contributed by atoms with van der Waals surface area (Å²) in [6, 6.07) is 13.7. The summed E-state index contributed by atoms with van der Waals surface area (Å²) in [4.78, 5) is 13.1. The van der Waals surface area contributed by atoms with Crippen LogP contribution in [-0.2, 0) is 26.3 Å². The van der Waals surface area contributed by atoms with Gasteiger partial charge in [-0.1, -0.05) is 30.3 Å².